The van der Waals surface area contributed by atoms with E-state index in [1.165, 1.54) is 11.8 Å². The zero-order chi connectivity index (χ0) is 20.8. The Kier molecular flexibility index (Phi) is 6.83. The first-order valence-electron chi connectivity index (χ1n) is 9.18. The van der Waals surface area contributed by atoms with Crippen LogP contribution in [0, 0.1) is 0 Å². The van der Waals surface area contributed by atoms with Gasteiger partial charge in [-0.05, 0) is 53.7 Å². The normalized spacial score (nSPS) is 10.9. The highest BCUT2D eigenvalue weighted by molar-refractivity contribution is 7.98. The van der Waals surface area contributed by atoms with Crippen molar-refractivity contribution in [1.82, 2.24) is 25.2 Å². The van der Waals surface area contributed by atoms with Crippen LogP contribution in [0.15, 0.2) is 59.1 Å². The average Bonchev–Trinajstić information content (AvgIpc) is 3.42. The molecule has 2 heterocycles. The molecule has 154 valence electrons. The number of para-hydroxylation sites is 2. The molecule has 2 aromatic carbocycles. The van der Waals surface area contributed by atoms with Gasteiger partial charge in [0, 0.05) is 16.2 Å². The number of aromatic nitrogens is 5. The molecule has 0 aliphatic carbocycles. The zero-order valence-electron chi connectivity index (χ0n) is 16.1. The highest BCUT2D eigenvalue weighted by Gasteiger charge is 2.14. The fourth-order valence-corrected chi connectivity index (χ4v) is 4.34. The molecule has 30 heavy (non-hydrogen) atoms. The first kappa shape index (κ1) is 20.6. The quantitative estimate of drug-likeness (QED) is 0.324. The van der Waals surface area contributed by atoms with Crippen molar-refractivity contribution < 1.29 is 9.47 Å². The van der Waals surface area contributed by atoms with E-state index < -0.39 is 0 Å². The van der Waals surface area contributed by atoms with E-state index in [2.05, 4.69) is 20.5 Å². The third-order valence-corrected chi connectivity index (χ3v) is 6.03. The number of rotatable bonds is 9. The van der Waals surface area contributed by atoms with Crippen LogP contribution in [0.4, 0.5) is 0 Å². The van der Waals surface area contributed by atoms with Crippen LogP contribution in [0.2, 0.25) is 5.02 Å². The molecule has 0 aliphatic heterocycles. The van der Waals surface area contributed by atoms with Gasteiger partial charge in [0.15, 0.2) is 0 Å². The molecule has 0 atom stereocenters. The number of thiazole rings is 1. The lowest BCUT2D eigenvalue weighted by Crippen LogP contribution is -2.03. The first-order chi connectivity index (χ1) is 14.7. The Morgan fingerprint density at radius 2 is 1.93 bits per heavy atom. The maximum atomic E-state index is 5.89. The second-order valence-corrected chi connectivity index (χ2v) is 8.36. The lowest BCUT2D eigenvalue weighted by atomic mass is 10.3. The topological polar surface area (TPSA) is 75.0 Å². The molecular weight excluding hydrogens is 442 g/mol. The van der Waals surface area contributed by atoms with E-state index in [9.17, 15) is 0 Å². The Balaban J connectivity index is 1.38. The molecule has 0 spiro atoms. The van der Waals surface area contributed by atoms with Gasteiger partial charge >= 0.3 is 0 Å². The molecule has 4 aromatic rings. The molecule has 2 aromatic heterocycles. The molecule has 0 aliphatic rings. The second kappa shape index (κ2) is 9.92. The summed E-state index contributed by atoms with van der Waals surface area (Å²) >= 11 is 8.98. The van der Waals surface area contributed by atoms with Gasteiger partial charge in [0.25, 0.3) is 0 Å². The highest BCUT2D eigenvalue weighted by atomic mass is 35.5. The van der Waals surface area contributed by atoms with Crippen LogP contribution in [0.5, 0.6) is 11.5 Å². The number of ether oxygens (including phenoxy) is 2. The number of benzene rings is 2. The molecule has 4 rings (SSSR count). The Bertz CT molecular complexity index is 1100. The summed E-state index contributed by atoms with van der Waals surface area (Å²) in [5, 5.41) is 16.4. The number of tetrazole rings is 1. The van der Waals surface area contributed by atoms with E-state index in [-0.39, 0.29) is 0 Å². The molecule has 7 nitrogen and oxygen atoms in total. The van der Waals surface area contributed by atoms with Gasteiger partial charge in [-0.15, -0.1) is 16.4 Å². The van der Waals surface area contributed by atoms with E-state index >= 15 is 0 Å². The SMILES string of the molecule is CCOc1ccccc1-n1nnnc1SCc1csc(COc2ccc(Cl)cc2)n1. The van der Waals surface area contributed by atoms with E-state index in [1.54, 1.807) is 28.2 Å². The summed E-state index contributed by atoms with van der Waals surface area (Å²) in [6.45, 7) is 2.93. The van der Waals surface area contributed by atoms with E-state index in [0.717, 1.165) is 27.9 Å². The van der Waals surface area contributed by atoms with Crippen LogP contribution in [-0.4, -0.2) is 31.8 Å². The minimum absolute atomic E-state index is 0.413. The predicted octanol–water partition coefficient (Wildman–Crippen LogP) is 5.04. The molecule has 0 unspecified atom stereocenters. The highest BCUT2D eigenvalue weighted by Crippen LogP contribution is 2.28. The van der Waals surface area contributed by atoms with Crippen molar-refractivity contribution in [2.24, 2.45) is 0 Å². The summed E-state index contributed by atoms with van der Waals surface area (Å²) in [6.07, 6.45) is 0. The molecule has 0 N–H and O–H groups in total. The van der Waals surface area contributed by atoms with E-state index in [0.29, 0.717) is 29.1 Å². The van der Waals surface area contributed by atoms with Gasteiger partial charge < -0.3 is 9.47 Å². The lowest BCUT2D eigenvalue weighted by molar-refractivity contribution is 0.305. The van der Waals surface area contributed by atoms with Crippen molar-refractivity contribution in [3.8, 4) is 17.2 Å². The largest absolute Gasteiger partial charge is 0.492 e. The fourth-order valence-electron chi connectivity index (χ4n) is 2.63. The maximum absolute atomic E-state index is 5.89. The van der Waals surface area contributed by atoms with Crippen LogP contribution in [0.3, 0.4) is 0 Å². The van der Waals surface area contributed by atoms with E-state index in [4.69, 9.17) is 21.1 Å². The van der Waals surface area contributed by atoms with Gasteiger partial charge in [0.1, 0.15) is 28.8 Å². The Morgan fingerprint density at radius 3 is 2.77 bits per heavy atom. The first-order valence-corrected chi connectivity index (χ1v) is 11.4. The van der Waals surface area contributed by atoms with Gasteiger partial charge in [0.2, 0.25) is 5.16 Å². The molecule has 0 saturated heterocycles. The summed E-state index contributed by atoms with van der Waals surface area (Å²) < 4.78 is 13.1. The van der Waals surface area contributed by atoms with Gasteiger partial charge in [-0.3, -0.25) is 0 Å². The molecule has 0 saturated carbocycles. The average molecular weight is 460 g/mol. The maximum Gasteiger partial charge on any atom is 0.214 e. The monoisotopic (exact) mass is 459 g/mol. The van der Waals surface area contributed by atoms with Crippen molar-refractivity contribution in [2.75, 3.05) is 6.61 Å². The standard InChI is InChI=1S/C20H18ClN5O2S2/c1-2-27-18-6-4-3-5-17(18)26-20(23-24-25-26)30-13-15-12-29-19(22-15)11-28-16-9-7-14(21)8-10-16/h3-10,12H,2,11,13H2,1H3. The molecular formula is C20H18ClN5O2S2. The number of nitrogens with zero attached hydrogens (tertiary/aromatic N) is 5. The number of hydrogen-bond donors (Lipinski definition) is 0. The van der Waals surface area contributed by atoms with Gasteiger partial charge in [-0.2, -0.15) is 4.68 Å². The van der Waals surface area contributed by atoms with Crippen LogP contribution in [0.25, 0.3) is 5.69 Å². The summed E-state index contributed by atoms with van der Waals surface area (Å²) in [7, 11) is 0. The molecule has 0 fully saturated rings. The zero-order valence-corrected chi connectivity index (χ0v) is 18.5. The lowest BCUT2D eigenvalue weighted by Gasteiger charge is -2.10. The summed E-state index contributed by atoms with van der Waals surface area (Å²) in [5.74, 6) is 2.15. The number of halogens is 1. The van der Waals surface area contributed by atoms with Crippen molar-refractivity contribution >= 4 is 34.7 Å². The third kappa shape index (κ3) is 5.10. The van der Waals surface area contributed by atoms with E-state index in [1.807, 2.05) is 48.7 Å². The molecule has 0 bridgehead atoms. The van der Waals surface area contributed by atoms with Crippen LogP contribution in [-0.2, 0) is 12.4 Å². The molecule has 0 radical (unpaired) electrons. The molecule has 10 heteroatoms. The molecule has 0 amide bonds. The van der Waals surface area contributed by atoms with Crippen LogP contribution >= 0.6 is 34.7 Å². The smallest absolute Gasteiger partial charge is 0.214 e. The summed E-state index contributed by atoms with van der Waals surface area (Å²) in [4.78, 5) is 4.64. The third-order valence-electron chi connectivity index (χ3n) is 3.96. The second-order valence-electron chi connectivity index (χ2n) is 6.04. The fraction of sp³-hybridized carbons (Fsp3) is 0.200. The van der Waals surface area contributed by atoms with Crippen molar-refractivity contribution in [2.45, 2.75) is 24.4 Å². The minimum Gasteiger partial charge on any atom is -0.492 e. The number of hydrogen-bond acceptors (Lipinski definition) is 8. The minimum atomic E-state index is 0.413. The summed E-state index contributed by atoms with van der Waals surface area (Å²) in [5.41, 5.74) is 1.76. The summed E-state index contributed by atoms with van der Waals surface area (Å²) in [6, 6.07) is 15.0. The van der Waals surface area contributed by atoms with Gasteiger partial charge in [0.05, 0.1) is 12.3 Å². The Morgan fingerprint density at radius 1 is 1.10 bits per heavy atom. The van der Waals surface area contributed by atoms with Crippen LogP contribution < -0.4 is 9.47 Å². The predicted molar refractivity (Wildman–Crippen MR) is 118 cm³/mol. The number of thioether (sulfide) groups is 1. The van der Waals surface area contributed by atoms with Crippen molar-refractivity contribution in [3.05, 3.63) is 69.6 Å². The van der Waals surface area contributed by atoms with Crippen molar-refractivity contribution in [3.63, 3.8) is 0 Å². The van der Waals surface area contributed by atoms with Crippen molar-refractivity contribution in [1.29, 1.82) is 0 Å². The Hall–Kier alpha value is -2.62. The Labute approximate surface area is 187 Å². The van der Waals surface area contributed by atoms with Gasteiger partial charge in [-0.1, -0.05) is 35.5 Å². The van der Waals surface area contributed by atoms with Crippen LogP contribution in [0.1, 0.15) is 17.6 Å². The van der Waals surface area contributed by atoms with Gasteiger partial charge in [-0.25, -0.2) is 4.98 Å².